The van der Waals surface area contributed by atoms with Gasteiger partial charge in [-0.25, -0.2) is 15.0 Å². The molecule has 0 saturated carbocycles. The van der Waals surface area contributed by atoms with Gasteiger partial charge in [-0.05, 0) is 45.2 Å². The first-order valence-electron chi connectivity index (χ1n) is 11.3. The third kappa shape index (κ3) is 5.00. The molecule has 3 aromatic heterocycles. The van der Waals surface area contributed by atoms with Crippen LogP contribution in [0.15, 0.2) is 12.3 Å². The molecule has 0 atom stereocenters. The van der Waals surface area contributed by atoms with E-state index in [0.29, 0.717) is 37.5 Å². The van der Waals surface area contributed by atoms with E-state index in [2.05, 4.69) is 28.7 Å². The van der Waals surface area contributed by atoms with Gasteiger partial charge in [-0.3, -0.25) is 0 Å². The van der Waals surface area contributed by atoms with Gasteiger partial charge in [-0.1, -0.05) is 13.8 Å². The summed E-state index contributed by atoms with van der Waals surface area (Å²) in [5.74, 6) is 0.365. The fourth-order valence-corrected chi connectivity index (χ4v) is 3.97. The predicted molar refractivity (Wildman–Crippen MR) is 128 cm³/mol. The summed E-state index contributed by atoms with van der Waals surface area (Å²) in [6, 6.07) is 4.06. The summed E-state index contributed by atoms with van der Waals surface area (Å²) >= 11 is 0. The lowest BCUT2D eigenvalue weighted by molar-refractivity contribution is 0.0911. The van der Waals surface area contributed by atoms with Crippen molar-refractivity contribution in [1.82, 2.24) is 19.5 Å². The van der Waals surface area contributed by atoms with Crippen LogP contribution in [0.4, 0.5) is 0 Å². The van der Waals surface area contributed by atoms with Crippen molar-refractivity contribution in [2.45, 2.75) is 59.6 Å². The topological polar surface area (TPSA) is 95.1 Å². The van der Waals surface area contributed by atoms with Gasteiger partial charge in [-0.15, -0.1) is 0 Å². The van der Waals surface area contributed by atoms with Crippen LogP contribution in [0.5, 0.6) is 5.88 Å². The molecule has 0 aliphatic rings. The zero-order chi connectivity index (χ0) is 24.1. The summed E-state index contributed by atoms with van der Waals surface area (Å²) in [4.78, 5) is 14.8. The smallest absolute Gasteiger partial charge is 0.232 e. The molecule has 8 heteroatoms. The minimum atomic E-state index is -0.0722. The molecule has 0 amide bonds. The van der Waals surface area contributed by atoms with Gasteiger partial charge in [0.05, 0.1) is 42.4 Å². The highest BCUT2D eigenvalue weighted by atomic mass is 16.5. The zero-order valence-corrected chi connectivity index (χ0v) is 20.6. The second-order valence-electron chi connectivity index (χ2n) is 8.30. The Hall–Kier alpha value is -3.02. The number of nitrogens with zero attached hydrogens (tertiary/aromatic N) is 5. The molecule has 0 saturated heterocycles. The highest BCUT2D eigenvalue weighted by molar-refractivity contribution is 5.81. The molecule has 0 aromatic carbocycles. The number of rotatable bonds is 10. The summed E-state index contributed by atoms with van der Waals surface area (Å²) < 4.78 is 18.7. The Kier molecular flexibility index (Phi) is 8.01. The van der Waals surface area contributed by atoms with Crippen molar-refractivity contribution in [3.05, 3.63) is 34.8 Å². The van der Waals surface area contributed by atoms with Gasteiger partial charge in [0, 0.05) is 26.0 Å². The molecule has 176 valence electrons. The number of methoxy groups -OCH3 is 2. The molecule has 3 rings (SSSR count). The molecule has 0 spiro atoms. The first kappa shape index (κ1) is 24.6. The lowest BCUT2D eigenvalue weighted by atomic mass is 10.0. The fourth-order valence-electron chi connectivity index (χ4n) is 3.97. The van der Waals surface area contributed by atoms with Crippen LogP contribution >= 0.6 is 0 Å². The molecule has 0 radical (unpaired) electrons. The Morgan fingerprint density at radius 3 is 2.24 bits per heavy atom. The van der Waals surface area contributed by atoms with E-state index in [1.807, 2.05) is 33.8 Å². The van der Waals surface area contributed by atoms with Crippen molar-refractivity contribution in [3.63, 3.8) is 0 Å². The highest BCUT2D eigenvalue weighted by Crippen LogP contribution is 2.32. The lowest BCUT2D eigenvalue weighted by Gasteiger charge is -2.19. The molecule has 0 unspecified atom stereocenters. The minimum absolute atomic E-state index is 0.00779. The third-order valence-corrected chi connectivity index (χ3v) is 5.47. The van der Waals surface area contributed by atoms with Crippen molar-refractivity contribution >= 4 is 11.2 Å². The van der Waals surface area contributed by atoms with Gasteiger partial charge in [0.1, 0.15) is 17.1 Å². The number of aryl methyl sites for hydroxylation is 3. The van der Waals surface area contributed by atoms with Gasteiger partial charge >= 0.3 is 0 Å². The molecule has 8 nitrogen and oxygen atoms in total. The maximum atomic E-state index is 9.74. The number of ether oxygens (including phenoxy) is 3. The predicted octanol–water partition coefficient (Wildman–Crippen LogP) is 4.42. The third-order valence-electron chi connectivity index (χ3n) is 5.47. The van der Waals surface area contributed by atoms with Gasteiger partial charge in [0.25, 0.3) is 0 Å². The highest BCUT2D eigenvalue weighted by Gasteiger charge is 2.22. The van der Waals surface area contributed by atoms with Crippen LogP contribution in [0.1, 0.15) is 56.3 Å². The zero-order valence-electron chi connectivity index (χ0n) is 20.6. The van der Waals surface area contributed by atoms with Gasteiger partial charge in [-0.2, -0.15) is 5.26 Å². The van der Waals surface area contributed by atoms with E-state index >= 15 is 0 Å². The molecular formula is C25H33N5O3. The first-order valence-corrected chi connectivity index (χ1v) is 11.3. The van der Waals surface area contributed by atoms with E-state index in [-0.39, 0.29) is 12.1 Å². The van der Waals surface area contributed by atoms with Crippen molar-refractivity contribution < 1.29 is 14.2 Å². The minimum Gasteiger partial charge on any atom is -0.474 e. The second-order valence-corrected chi connectivity index (χ2v) is 8.30. The Labute approximate surface area is 195 Å². The molecule has 33 heavy (non-hydrogen) atoms. The summed E-state index contributed by atoms with van der Waals surface area (Å²) in [6.07, 6.45) is 3.35. The fraction of sp³-hybridized carbons (Fsp3) is 0.520. The van der Waals surface area contributed by atoms with Crippen LogP contribution in [-0.4, -0.2) is 53.1 Å². The monoisotopic (exact) mass is 451 g/mol. The summed E-state index contributed by atoms with van der Waals surface area (Å²) in [5.41, 5.74) is 6.32. The molecule has 0 bridgehead atoms. The largest absolute Gasteiger partial charge is 0.474 e. The van der Waals surface area contributed by atoms with Crippen molar-refractivity contribution in [2.24, 2.45) is 0 Å². The molecule has 3 aromatic rings. The van der Waals surface area contributed by atoms with Gasteiger partial charge in [0.15, 0.2) is 5.65 Å². The van der Waals surface area contributed by atoms with E-state index < -0.39 is 0 Å². The Balaban J connectivity index is 2.24. The van der Waals surface area contributed by atoms with Crippen molar-refractivity contribution in [2.75, 3.05) is 27.4 Å². The SMILES string of the molecule is CCc1nc(OC(C)C)c(C#N)cc1-c1nc2c(C)cn(C(COC)COC)c2nc1CC. The summed E-state index contributed by atoms with van der Waals surface area (Å²) in [5, 5.41) is 9.74. The maximum Gasteiger partial charge on any atom is 0.232 e. The average molecular weight is 452 g/mol. The average Bonchev–Trinajstić information content (AvgIpc) is 3.12. The van der Waals surface area contributed by atoms with Crippen molar-refractivity contribution in [3.8, 4) is 23.2 Å². The molecule has 3 heterocycles. The molecule has 0 aliphatic heterocycles. The van der Waals surface area contributed by atoms with Crippen LogP contribution in [0, 0.1) is 18.3 Å². The number of nitriles is 1. The summed E-state index contributed by atoms with van der Waals surface area (Å²) in [6.45, 7) is 11.0. The van der Waals surface area contributed by atoms with Gasteiger partial charge in [0.2, 0.25) is 5.88 Å². The number of pyridine rings is 1. The summed E-state index contributed by atoms with van der Waals surface area (Å²) in [7, 11) is 3.36. The van der Waals surface area contributed by atoms with E-state index in [9.17, 15) is 5.26 Å². The number of aromatic nitrogens is 4. The number of fused-ring (bicyclic) bond motifs is 1. The Bertz CT molecular complexity index is 1160. The standard InChI is InChI=1S/C25H33N5O3/c1-8-20-19(10-17(11-26)25(28-20)33-15(3)4)23-21(9-2)27-24-22(29-23)16(5)12-30(24)18(13-31-6)14-32-7/h10,12,15,18H,8-9,13-14H2,1-7H3. The lowest BCUT2D eigenvalue weighted by Crippen LogP contribution is -2.19. The normalized spacial score (nSPS) is 11.5. The number of hydrogen-bond donors (Lipinski definition) is 0. The van der Waals surface area contributed by atoms with Crippen LogP contribution in [0.3, 0.4) is 0 Å². The van der Waals surface area contributed by atoms with E-state index in [0.717, 1.165) is 39.4 Å². The van der Waals surface area contributed by atoms with Gasteiger partial charge < -0.3 is 18.8 Å². The first-order chi connectivity index (χ1) is 15.9. The van der Waals surface area contributed by atoms with E-state index in [1.54, 1.807) is 14.2 Å². The van der Waals surface area contributed by atoms with E-state index in [4.69, 9.17) is 24.2 Å². The van der Waals surface area contributed by atoms with Crippen molar-refractivity contribution in [1.29, 1.82) is 5.26 Å². The Morgan fingerprint density at radius 2 is 1.70 bits per heavy atom. The van der Waals surface area contributed by atoms with Crippen LogP contribution in [0.2, 0.25) is 0 Å². The number of hydrogen-bond acceptors (Lipinski definition) is 7. The van der Waals surface area contributed by atoms with E-state index in [1.165, 1.54) is 0 Å². The maximum absolute atomic E-state index is 9.74. The van der Waals surface area contributed by atoms with Crippen LogP contribution in [0.25, 0.3) is 22.4 Å². The molecule has 0 fully saturated rings. The van der Waals surface area contributed by atoms with Crippen LogP contribution < -0.4 is 4.74 Å². The second kappa shape index (κ2) is 10.7. The molecule has 0 N–H and O–H groups in total. The Morgan fingerprint density at radius 1 is 1.03 bits per heavy atom. The van der Waals surface area contributed by atoms with Crippen LogP contribution in [-0.2, 0) is 22.3 Å². The molecular weight excluding hydrogens is 418 g/mol. The quantitative estimate of drug-likeness (QED) is 0.450. The molecule has 0 aliphatic carbocycles.